The van der Waals surface area contributed by atoms with Crippen molar-refractivity contribution in [3.8, 4) is 0 Å². The highest BCUT2D eigenvalue weighted by Crippen LogP contribution is 2.12. The van der Waals surface area contributed by atoms with E-state index in [2.05, 4.69) is 9.72 Å². The fourth-order valence-corrected chi connectivity index (χ4v) is 1.70. The summed E-state index contributed by atoms with van der Waals surface area (Å²) >= 11 is 0. The third kappa shape index (κ3) is 2.91. The molecule has 0 N–H and O–H groups in total. The highest BCUT2D eigenvalue weighted by atomic mass is 19.1. The number of rotatable bonds is 3. The summed E-state index contributed by atoms with van der Waals surface area (Å²) in [7, 11) is 1.32. The Balaban J connectivity index is 2.22. The quantitative estimate of drug-likeness (QED) is 0.780. The van der Waals surface area contributed by atoms with E-state index >= 15 is 0 Å². The van der Waals surface area contributed by atoms with Gasteiger partial charge in [0.25, 0.3) is 0 Å². The van der Waals surface area contributed by atoms with Crippen LogP contribution in [0.1, 0.15) is 21.5 Å². The van der Waals surface area contributed by atoms with Crippen molar-refractivity contribution < 1.29 is 13.9 Å². The molecule has 1 aromatic carbocycles. The number of carbonyl (C=O) groups excluding carboxylic acids is 1. The Hall–Kier alpha value is -2.23. The number of ether oxygens (including phenoxy) is 1. The molecule has 92 valence electrons. The van der Waals surface area contributed by atoms with E-state index < -0.39 is 5.97 Å². The zero-order chi connectivity index (χ0) is 13.0. The number of benzene rings is 1. The number of hydrogen-bond donors (Lipinski definition) is 0. The maximum absolute atomic E-state index is 13.0. The van der Waals surface area contributed by atoms with Crippen LogP contribution >= 0.6 is 0 Å². The van der Waals surface area contributed by atoms with Crippen LogP contribution in [0.5, 0.6) is 0 Å². The first-order chi connectivity index (χ1) is 8.69. The molecule has 0 fully saturated rings. The molecule has 0 amide bonds. The zero-order valence-electron chi connectivity index (χ0n) is 9.89. The predicted molar refractivity (Wildman–Crippen MR) is 64.8 cm³/mol. The molecular weight excluding hydrogens is 233 g/mol. The molecule has 2 rings (SSSR count). The van der Waals surface area contributed by atoms with Crippen LogP contribution in [-0.4, -0.2) is 18.1 Å². The molecule has 0 saturated heterocycles. The minimum atomic E-state index is -0.427. The zero-order valence-corrected chi connectivity index (χ0v) is 9.89. The van der Waals surface area contributed by atoms with Crippen LogP contribution in [-0.2, 0) is 11.2 Å². The largest absolute Gasteiger partial charge is 0.465 e. The summed E-state index contributed by atoms with van der Waals surface area (Å²) in [4.78, 5) is 15.3. The van der Waals surface area contributed by atoms with Gasteiger partial charge in [-0.3, -0.25) is 4.98 Å². The Morgan fingerprint density at radius 2 is 2.11 bits per heavy atom. The fraction of sp³-hybridized carbons (Fsp3) is 0.143. The molecular formula is C14H12FNO2. The van der Waals surface area contributed by atoms with Gasteiger partial charge in [0.05, 0.1) is 12.7 Å². The molecule has 2 aromatic rings. The summed E-state index contributed by atoms with van der Waals surface area (Å²) in [6.45, 7) is 0. The number of aromatic nitrogens is 1. The Morgan fingerprint density at radius 3 is 2.83 bits per heavy atom. The molecule has 3 nitrogen and oxygen atoms in total. The van der Waals surface area contributed by atoms with Crippen LogP contribution in [0.3, 0.4) is 0 Å². The standard InChI is InChI=1S/C14H12FNO2/c1-18-14(17)12-6-11(8-16-9-12)5-10-3-2-4-13(15)7-10/h2-4,6-9H,5H2,1H3. The molecule has 0 saturated carbocycles. The number of carbonyl (C=O) groups is 1. The normalized spacial score (nSPS) is 10.1. The minimum absolute atomic E-state index is 0.274. The lowest BCUT2D eigenvalue weighted by atomic mass is 10.1. The molecule has 1 aromatic heterocycles. The number of halogens is 1. The van der Waals surface area contributed by atoms with Crippen molar-refractivity contribution in [3.63, 3.8) is 0 Å². The first-order valence-electron chi connectivity index (χ1n) is 5.46. The molecule has 0 aliphatic heterocycles. The van der Waals surface area contributed by atoms with Crippen molar-refractivity contribution in [3.05, 3.63) is 65.2 Å². The Morgan fingerprint density at radius 1 is 1.28 bits per heavy atom. The Bertz CT molecular complexity index is 569. The van der Waals surface area contributed by atoms with E-state index in [1.54, 1.807) is 18.3 Å². The van der Waals surface area contributed by atoms with Crippen molar-refractivity contribution in [1.82, 2.24) is 4.98 Å². The van der Waals surface area contributed by atoms with Crippen molar-refractivity contribution in [2.75, 3.05) is 7.11 Å². The minimum Gasteiger partial charge on any atom is -0.465 e. The van der Waals surface area contributed by atoms with Crippen LogP contribution in [0.2, 0.25) is 0 Å². The lowest BCUT2D eigenvalue weighted by molar-refractivity contribution is 0.0600. The van der Waals surface area contributed by atoms with E-state index in [1.165, 1.54) is 25.4 Å². The van der Waals surface area contributed by atoms with Crippen molar-refractivity contribution in [2.24, 2.45) is 0 Å². The van der Waals surface area contributed by atoms with Gasteiger partial charge >= 0.3 is 5.97 Å². The second kappa shape index (κ2) is 5.40. The number of pyridine rings is 1. The monoisotopic (exact) mass is 245 g/mol. The van der Waals surface area contributed by atoms with Gasteiger partial charge in [-0.15, -0.1) is 0 Å². The average Bonchev–Trinajstić information content (AvgIpc) is 2.38. The first-order valence-corrected chi connectivity index (χ1v) is 5.46. The molecule has 0 unspecified atom stereocenters. The van der Waals surface area contributed by atoms with Crippen molar-refractivity contribution in [1.29, 1.82) is 0 Å². The molecule has 4 heteroatoms. The molecule has 0 aliphatic carbocycles. The average molecular weight is 245 g/mol. The highest BCUT2D eigenvalue weighted by Gasteiger charge is 2.07. The topological polar surface area (TPSA) is 39.2 Å². The number of hydrogen-bond acceptors (Lipinski definition) is 3. The summed E-state index contributed by atoms with van der Waals surface area (Å²) in [5.41, 5.74) is 2.06. The summed E-state index contributed by atoms with van der Waals surface area (Å²) in [5.74, 6) is -0.701. The molecule has 0 radical (unpaired) electrons. The molecule has 18 heavy (non-hydrogen) atoms. The summed E-state index contributed by atoms with van der Waals surface area (Å²) in [6.07, 6.45) is 3.62. The van der Waals surface area contributed by atoms with Gasteiger partial charge in [-0.1, -0.05) is 12.1 Å². The van der Waals surface area contributed by atoms with Gasteiger partial charge in [0.2, 0.25) is 0 Å². The van der Waals surface area contributed by atoms with Crippen LogP contribution < -0.4 is 0 Å². The predicted octanol–water partition coefficient (Wildman–Crippen LogP) is 2.60. The van der Waals surface area contributed by atoms with Crippen LogP contribution in [0.4, 0.5) is 4.39 Å². The number of methoxy groups -OCH3 is 1. The second-order valence-corrected chi connectivity index (χ2v) is 3.88. The number of nitrogens with zero attached hydrogens (tertiary/aromatic N) is 1. The highest BCUT2D eigenvalue weighted by molar-refractivity contribution is 5.89. The molecule has 1 heterocycles. The van der Waals surface area contributed by atoms with E-state index in [4.69, 9.17) is 0 Å². The molecule has 0 spiro atoms. The van der Waals surface area contributed by atoms with Crippen LogP contribution in [0, 0.1) is 5.82 Å². The third-order valence-corrected chi connectivity index (χ3v) is 2.51. The van der Waals surface area contributed by atoms with Gasteiger partial charge in [-0.2, -0.15) is 0 Å². The van der Waals surface area contributed by atoms with E-state index in [0.717, 1.165) is 11.1 Å². The van der Waals surface area contributed by atoms with E-state index in [9.17, 15) is 9.18 Å². The lowest BCUT2D eigenvalue weighted by Gasteiger charge is -2.04. The van der Waals surface area contributed by atoms with Crippen molar-refractivity contribution in [2.45, 2.75) is 6.42 Å². The van der Waals surface area contributed by atoms with Crippen LogP contribution in [0.25, 0.3) is 0 Å². The summed E-state index contributed by atoms with van der Waals surface area (Å²) < 4.78 is 17.7. The molecule has 0 bridgehead atoms. The van der Waals surface area contributed by atoms with Gasteiger partial charge < -0.3 is 4.74 Å². The van der Waals surface area contributed by atoms with E-state index in [-0.39, 0.29) is 5.82 Å². The van der Waals surface area contributed by atoms with Crippen LogP contribution in [0.15, 0.2) is 42.7 Å². The van der Waals surface area contributed by atoms with E-state index in [0.29, 0.717) is 12.0 Å². The Kier molecular flexibility index (Phi) is 3.67. The fourth-order valence-electron chi connectivity index (χ4n) is 1.70. The van der Waals surface area contributed by atoms with Gasteiger partial charge in [0.15, 0.2) is 0 Å². The lowest BCUT2D eigenvalue weighted by Crippen LogP contribution is -2.03. The van der Waals surface area contributed by atoms with Gasteiger partial charge in [-0.05, 0) is 35.7 Å². The first kappa shape index (κ1) is 12.2. The molecule has 0 aliphatic rings. The van der Waals surface area contributed by atoms with Gasteiger partial charge in [0.1, 0.15) is 5.82 Å². The summed E-state index contributed by atoms with van der Waals surface area (Å²) in [5, 5.41) is 0. The Labute approximate surface area is 104 Å². The van der Waals surface area contributed by atoms with Gasteiger partial charge in [0, 0.05) is 12.4 Å². The SMILES string of the molecule is COC(=O)c1cncc(Cc2cccc(F)c2)c1. The smallest absolute Gasteiger partial charge is 0.339 e. The maximum atomic E-state index is 13.0. The van der Waals surface area contributed by atoms with Crippen molar-refractivity contribution >= 4 is 5.97 Å². The van der Waals surface area contributed by atoms with E-state index in [1.807, 2.05) is 6.07 Å². The second-order valence-electron chi connectivity index (χ2n) is 3.88. The third-order valence-electron chi connectivity index (χ3n) is 2.51. The molecule has 0 atom stereocenters. The summed E-state index contributed by atoms with van der Waals surface area (Å²) in [6, 6.07) is 8.04. The number of esters is 1. The van der Waals surface area contributed by atoms with Gasteiger partial charge in [-0.25, -0.2) is 9.18 Å². The maximum Gasteiger partial charge on any atom is 0.339 e.